The first-order chi connectivity index (χ1) is 12.1. The van der Waals surface area contributed by atoms with Gasteiger partial charge in [0.25, 0.3) is 5.91 Å². The minimum absolute atomic E-state index is 0.0379. The normalized spacial score (nSPS) is 19.1. The van der Waals surface area contributed by atoms with Crippen molar-refractivity contribution in [2.24, 2.45) is 0 Å². The molecule has 1 unspecified atom stereocenters. The van der Waals surface area contributed by atoms with E-state index in [9.17, 15) is 9.18 Å². The van der Waals surface area contributed by atoms with Crippen molar-refractivity contribution in [3.63, 3.8) is 0 Å². The first-order valence-corrected chi connectivity index (χ1v) is 8.26. The Morgan fingerprint density at radius 2 is 2.12 bits per heavy atom. The summed E-state index contributed by atoms with van der Waals surface area (Å²) in [6.07, 6.45) is -0.357. The maximum absolute atomic E-state index is 13.4. The van der Waals surface area contributed by atoms with Gasteiger partial charge in [0, 0.05) is 6.54 Å². The van der Waals surface area contributed by atoms with Crippen LogP contribution in [0.3, 0.4) is 0 Å². The Bertz CT molecular complexity index is 829. The molecule has 0 saturated carbocycles. The van der Waals surface area contributed by atoms with Gasteiger partial charge in [-0.15, -0.1) is 0 Å². The van der Waals surface area contributed by atoms with Crippen LogP contribution in [0.2, 0.25) is 5.02 Å². The van der Waals surface area contributed by atoms with Crippen LogP contribution < -0.4 is 9.47 Å². The molecule has 7 heteroatoms. The van der Waals surface area contributed by atoms with E-state index in [0.29, 0.717) is 36.8 Å². The summed E-state index contributed by atoms with van der Waals surface area (Å²) < 4.78 is 29.8. The second-order valence-corrected chi connectivity index (χ2v) is 6.23. The summed E-state index contributed by atoms with van der Waals surface area (Å²) in [4.78, 5) is 14.6. The fraction of sp³-hybridized carbons (Fsp3) is 0.278. The second-order valence-electron chi connectivity index (χ2n) is 5.82. The lowest BCUT2D eigenvalue weighted by Crippen LogP contribution is -2.42. The van der Waals surface area contributed by atoms with Crippen molar-refractivity contribution in [1.82, 2.24) is 4.90 Å². The lowest BCUT2D eigenvalue weighted by atomic mass is 10.1. The monoisotopic (exact) mass is 363 g/mol. The molecule has 1 amide bonds. The van der Waals surface area contributed by atoms with Crippen LogP contribution in [-0.2, 0) is 4.74 Å². The Morgan fingerprint density at radius 3 is 2.96 bits per heavy atom. The van der Waals surface area contributed by atoms with E-state index in [4.69, 9.17) is 25.8 Å². The number of rotatable bonds is 2. The van der Waals surface area contributed by atoms with E-state index in [2.05, 4.69) is 0 Å². The van der Waals surface area contributed by atoms with E-state index in [1.807, 2.05) is 0 Å². The van der Waals surface area contributed by atoms with Crippen LogP contribution in [0, 0.1) is 5.82 Å². The molecule has 2 aliphatic rings. The summed E-state index contributed by atoms with van der Waals surface area (Å²) in [5.41, 5.74) is 1.20. The van der Waals surface area contributed by atoms with Gasteiger partial charge in [-0.25, -0.2) is 4.39 Å². The molecule has 0 spiro atoms. The number of para-hydroxylation sites is 1. The molecule has 0 N–H and O–H groups in total. The fourth-order valence-corrected chi connectivity index (χ4v) is 3.21. The molecule has 0 radical (unpaired) electrons. The summed E-state index contributed by atoms with van der Waals surface area (Å²) in [6, 6.07) is 9.70. The van der Waals surface area contributed by atoms with Gasteiger partial charge in [0.05, 0.1) is 23.7 Å². The fourth-order valence-electron chi connectivity index (χ4n) is 3.02. The average molecular weight is 364 g/mol. The lowest BCUT2D eigenvalue weighted by molar-refractivity contribution is -0.0229. The van der Waals surface area contributed by atoms with Crippen LogP contribution in [-0.4, -0.2) is 37.3 Å². The highest BCUT2D eigenvalue weighted by Gasteiger charge is 2.30. The highest BCUT2D eigenvalue weighted by atomic mass is 35.5. The Hall–Kier alpha value is -2.31. The number of amides is 1. The summed E-state index contributed by atoms with van der Waals surface area (Å²) in [7, 11) is 0. The smallest absolute Gasteiger partial charge is 0.257 e. The number of hydrogen-bond donors (Lipinski definition) is 0. The molecule has 0 bridgehead atoms. The SMILES string of the molecule is O=C(c1cccc2c1OCO2)N1CCOC(c2ccc(F)c(Cl)c2)C1. The molecule has 0 aliphatic carbocycles. The molecule has 5 nitrogen and oxygen atoms in total. The molecule has 130 valence electrons. The number of benzene rings is 2. The van der Waals surface area contributed by atoms with Crippen LogP contribution in [0.15, 0.2) is 36.4 Å². The molecule has 2 aliphatic heterocycles. The molecule has 2 heterocycles. The van der Waals surface area contributed by atoms with Crippen LogP contribution in [0.4, 0.5) is 4.39 Å². The zero-order valence-electron chi connectivity index (χ0n) is 13.2. The van der Waals surface area contributed by atoms with Crippen LogP contribution in [0.1, 0.15) is 22.0 Å². The van der Waals surface area contributed by atoms with Gasteiger partial charge in [0.2, 0.25) is 6.79 Å². The number of halogens is 2. The van der Waals surface area contributed by atoms with E-state index >= 15 is 0 Å². The quantitative estimate of drug-likeness (QED) is 0.820. The number of hydrogen-bond acceptors (Lipinski definition) is 4. The molecule has 1 fully saturated rings. The van der Waals surface area contributed by atoms with E-state index < -0.39 is 5.82 Å². The first kappa shape index (κ1) is 16.2. The second kappa shape index (κ2) is 6.54. The minimum atomic E-state index is -0.480. The Balaban J connectivity index is 1.56. The molecule has 1 atom stereocenters. The highest BCUT2D eigenvalue weighted by Crippen LogP contribution is 2.36. The summed E-state index contributed by atoms with van der Waals surface area (Å²) in [5, 5.41) is 0.0379. The number of morpholine rings is 1. The predicted octanol–water partition coefficient (Wildman–Crippen LogP) is 3.42. The van der Waals surface area contributed by atoms with Gasteiger partial charge in [0.15, 0.2) is 11.5 Å². The molecular weight excluding hydrogens is 349 g/mol. The lowest BCUT2D eigenvalue weighted by Gasteiger charge is -2.33. The van der Waals surface area contributed by atoms with Crippen molar-refractivity contribution in [2.45, 2.75) is 6.10 Å². The highest BCUT2D eigenvalue weighted by molar-refractivity contribution is 6.30. The average Bonchev–Trinajstić information content (AvgIpc) is 3.12. The predicted molar refractivity (Wildman–Crippen MR) is 88.6 cm³/mol. The van der Waals surface area contributed by atoms with Crippen molar-refractivity contribution in [1.29, 1.82) is 0 Å². The van der Waals surface area contributed by atoms with E-state index in [0.717, 1.165) is 5.56 Å². The van der Waals surface area contributed by atoms with Gasteiger partial charge < -0.3 is 19.1 Å². The molecular formula is C18H15ClFNO4. The topological polar surface area (TPSA) is 48.0 Å². The third kappa shape index (κ3) is 3.03. The van der Waals surface area contributed by atoms with E-state index in [1.54, 1.807) is 29.2 Å². The summed E-state index contributed by atoms with van der Waals surface area (Å²) in [5.74, 6) is 0.413. The van der Waals surface area contributed by atoms with Gasteiger partial charge in [-0.05, 0) is 29.8 Å². The molecule has 0 aromatic heterocycles. The minimum Gasteiger partial charge on any atom is -0.454 e. The van der Waals surface area contributed by atoms with E-state index in [-0.39, 0.29) is 23.8 Å². The third-order valence-corrected chi connectivity index (χ3v) is 4.59. The zero-order chi connectivity index (χ0) is 17.4. The number of nitrogens with zero attached hydrogens (tertiary/aromatic N) is 1. The van der Waals surface area contributed by atoms with Gasteiger partial charge in [-0.3, -0.25) is 4.79 Å². The Labute approximate surface area is 148 Å². The zero-order valence-corrected chi connectivity index (χ0v) is 14.0. The van der Waals surface area contributed by atoms with Crippen molar-refractivity contribution in [3.8, 4) is 11.5 Å². The number of ether oxygens (including phenoxy) is 3. The van der Waals surface area contributed by atoms with Crippen molar-refractivity contribution < 1.29 is 23.4 Å². The van der Waals surface area contributed by atoms with Crippen LogP contribution in [0.5, 0.6) is 11.5 Å². The molecule has 25 heavy (non-hydrogen) atoms. The summed E-state index contributed by atoms with van der Waals surface area (Å²) in [6.45, 7) is 1.32. The van der Waals surface area contributed by atoms with Gasteiger partial charge >= 0.3 is 0 Å². The molecule has 1 saturated heterocycles. The standard InChI is InChI=1S/C18H15ClFNO4/c19-13-8-11(4-5-14(13)20)16-9-21(6-7-23-16)18(22)12-2-1-3-15-17(12)25-10-24-15/h1-5,8,16H,6-7,9-10H2. The first-order valence-electron chi connectivity index (χ1n) is 7.88. The van der Waals surface area contributed by atoms with Crippen LogP contribution in [0.25, 0.3) is 0 Å². The number of carbonyl (C=O) groups excluding carboxylic acids is 1. The summed E-state index contributed by atoms with van der Waals surface area (Å²) >= 11 is 5.85. The van der Waals surface area contributed by atoms with Gasteiger partial charge in [-0.2, -0.15) is 0 Å². The van der Waals surface area contributed by atoms with Crippen LogP contribution >= 0.6 is 11.6 Å². The van der Waals surface area contributed by atoms with Crippen molar-refractivity contribution in [3.05, 3.63) is 58.4 Å². The van der Waals surface area contributed by atoms with Gasteiger partial charge in [0.1, 0.15) is 11.9 Å². The number of fused-ring (bicyclic) bond motifs is 1. The maximum Gasteiger partial charge on any atom is 0.257 e. The number of carbonyl (C=O) groups is 1. The molecule has 2 aromatic carbocycles. The molecule has 2 aromatic rings. The van der Waals surface area contributed by atoms with E-state index in [1.165, 1.54) is 12.1 Å². The Morgan fingerprint density at radius 1 is 1.24 bits per heavy atom. The van der Waals surface area contributed by atoms with Crippen molar-refractivity contribution in [2.75, 3.05) is 26.5 Å². The third-order valence-electron chi connectivity index (χ3n) is 4.30. The van der Waals surface area contributed by atoms with Crippen molar-refractivity contribution >= 4 is 17.5 Å². The Kier molecular flexibility index (Phi) is 4.23. The molecule has 4 rings (SSSR count). The van der Waals surface area contributed by atoms with Gasteiger partial charge in [-0.1, -0.05) is 23.7 Å². The maximum atomic E-state index is 13.4. The largest absolute Gasteiger partial charge is 0.454 e.